The Morgan fingerprint density at radius 1 is 1.73 bits per heavy atom. The van der Waals surface area contributed by atoms with Crippen LogP contribution in [0.15, 0.2) is 6.33 Å². The van der Waals surface area contributed by atoms with E-state index in [1.807, 2.05) is 0 Å². The third-order valence-corrected chi connectivity index (χ3v) is 2.48. The predicted octanol–water partition coefficient (Wildman–Crippen LogP) is -0.0425. The molecule has 6 heteroatoms. The summed E-state index contributed by atoms with van der Waals surface area (Å²) in [6, 6.07) is -0.821. The normalized spacial score (nSPS) is 17.7. The molecule has 0 radical (unpaired) electrons. The second-order valence-electron chi connectivity index (χ2n) is 3.87. The lowest BCUT2D eigenvalue weighted by Gasteiger charge is -2.04. The van der Waals surface area contributed by atoms with Crippen LogP contribution in [-0.2, 0) is 11.3 Å². The molecule has 82 valence electrons. The fraction of sp³-hybridized carbons (Fsp3) is 0.667. The van der Waals surface area contributed by atoms with Crippen molar-refractivity contribution < 1.29 is 9.90 Å². The number of aliphatic carboxylic acids is 1. The maximum atomic E-state index is 10.5. The zero-order chi connectivity index (χ0) is 10.8. The number of rotatable bonds is 5. The summed E-state index contributed by atoms with van der Waals surface area (Å²) in [5, 5.41) is 12.9. The molecular formula is C9H14N4O2. The third-order valence-electron chi connectivity index (χ3n) is 2.48. The van der Waals surface area contributed by atoms with Gasteiger partial charge in [-0.1, -0.05) is 0 Å². The number of aromatic nitrogens is 3. The van der Waals surface area contributed by atoms with Crippen molar-refractivity contribution in [2.75, 3.05) is 0 Å². The van der Waals surface area contributed by atoms with Crippen molar-refractivity contribution in [3.63, 3.8) is 0 Å². The first-order chi connectivity index (χ1) is 7.16. The molecule has 1 aliphatic carbocycles. The van der Waals surface area contributed by atoms with Crippen molar-refractivity contribution in [1.29, 1.82) is 0 Å². The first-order valence-electron chi connectivity index (χ1n) is 5.04. The van der Waals surface area contributed by atoms with E-state index >= 15 is 0 Å². The lowest BCUT2D eigenvalue weighted by atomic mass is 10.2. The number of carboxylic acids is 1. The first-order valence-corrected chi connectivity index (χ1v) is 5.04. The van der Waals surface area contributed by atoms with Gasteiger partial charge in [0, 0.05) is 12.5 Å². The lowest BCUT2D eigenvalue weighted by molar-refractivity contribution is -0.138. The minimum atomic E-state index is -0.975. The van der Waals surface area contributed by atoms with Crippen LogP contribution in [0.25, 0.3) is 0 Å². The summed E-state index contributed by atoms with van der Waals surface area (Å²) in [4.78, 5) is 14.6. The number of hydrogen-bond donors (Lipinski definition) is 2. The van der Waals surface area contributed by atoms with E-state index in [-0.39, 0.29) is 0 Å². The summed E-state index contributed by atoms with van der Waals surface area (Å²) >= 11 is 0. The Hall–Kier alpha value is -1.43. The summed E-state index contributed by atoms with van der Waals surface area (Å²) in [7, 11) is 0. The predicted molar refractivity (Wildman–Crippen MR) is 52.2 cm³/mol. The van der Waals surface area contributed by atoms with Gasteiger partial charge < -0.3 is 10.8 Å². The second-order valence-corrected chi connectivity index (χ2v) is 3.87. The highest BCUT2D eigenvalue weighted by atomic mass is 16.4. The Labute approximate surface area is 87.1 Å². The minimum Gasteiger partial charge on any atom is -0.480 e. The highest BCUT2D eigenvalue weighted by molar-refractivity contribution is 5.72. The molecule has 1 fully saturated rings. The van der Waals surface area contributed by atoms with Crippen LogP contribution >= 0.6 is 0 Å². The Morgan fingerprint density at radius 2 is 2.47 bits per heavy atom. The van der Waals surface area contributed by atoms with Crippen molar-refractivity contribution in [2.24, 2.45) is 5.73 Å². The zero-order valence-corrected chi connectivity index (χ0v) is 8.33. The van der Waals surface area contributed by atoms with Gasteiger partial charge in [-0.3, -0.25) is 9.48 Å². The van der Waals surface area contributed by atoms with E-state index < -0.39 is 12.0 Å². The van der Waals surface area contributed by atoms with Crippen LogP contribution in [0.4, 0.5) is 0 Å². The molecule has 1 aliphatic rings. The molecule has 1 aromatic rings. The third kappa shape index (κ3) is 2.53. The number of hydrogen-bond acceptors (Lipinski definition) is 4. The first kappa shape index (κ1) is 10.1. The fourth-order valence-electron chi connectivity index (χ4n) is 1.34. The van der Waals surface area contributed by atoms with E-state index in [9.17, 15) is 4.79 Å². The van der Waals surface area contributed by atoms with Gasteiger partial charge in [0.15, 0.2) is 5.82 Å². The zero-order valence-electron chi connectivity index (χ0n) is 8.33. The summed E-state index contributed by atoms with van der Waals surface area (Å²) in [6.07, 6.45) is 4.35. The molecule has 0 aromatic carbocycles. The van der Waals surface area contributed by atoms with Crippen LogP contribution in [0.3, 0.4) is 0 Å². The van der Waals surface area contributed by atoms with Crippen molar-refractivity contribution in [3.05, 3.63) is 12.2 Å². The summed E-state index contributed by atoms with van der Waals surface area (Å²) < 4.78 is 1.66. The van der Waals surface area contributed by atoms with Crippen LogP contribution in [0.1, 0.15) is 31.0 Å². The van der Waals surface area contributed by atoms with Crippen LogP contribution < -0.4 is 5.73 Å². The molecule has 0 aliphatic heterocycles. The van der Waals surface area contributed by atoms with Crippen molar-refractivity contribution in [1.82, 2.24) is 14.8 Å². The van der Waals surface area contributed by atoms with Gasteiger partial charge in [-0.25, -0.2) is 4.98 Å². The molecule has 6 nitrogen and oxygen atoms in total. The molecule has 0 amide bonds. The molecule has 1 unspecified atom stereocenters. The summed E-state index contributed by atoms with van der Waals surface area (Å²) in [6.45, 7) is 0.507. The maximum Gasteiger partial charge on any atom is 0.320 e. The Balaban J connectivity index is 1.85. The van der Waals surface area contributed by atoms with Gasteiger partial charge in [0.05, 0.1) is 0 Å². The highest BCUT2D eigenvalue weighted by Gasteiger charge is 2.27. The molecule has 2 rings (SSSR count). The molecule has 1 heterocycles. The number of carbonyl (C=O) groups is 1. The SMILES string of the molecule is NC(CCn1cnc(C2CC2)n1)C(=O)O. The van der Waals surface area contributed by atoms with Gasteiger partial charge in [0.2, 0.25) is 0 Å². The Kier molecular flexibility index (Phi) is 2.68. The van der Waals surface area contributed by atoms with E-state index in [2.05, 4.69) is 10.1 Å². The number of aryl methyl sites for hydroxylation is 1. The lowest BCUT2D eigenvalue weighted by Crippen LogP contribution is -2.31. The monoisotopic (exact) mass is 210 g/mol. The molecule has 0 spiro atoms. The fourth-order valence-corrected chi connectivity index (χ4v) is 1.34. The van der Waals surface area contributed by atoms with E-state index in [0.29, 0.717) is 18.9 Å². The van der Waals surface area contributed by atoms with Gasteiger partial charge >= 0.3 is 5.97 Å². The molecule has 1 aromatic heterocycles. The van der Waals surface area contributed by atoms with Crippen molar-refractivity contribution in [3.8, 4) is 0 Å². The largest absolute Gasteiger partial charge is 0.480 e. The van der Waals surface area contributed by atoms with E-state index in [4.69, 9.17) is 10.8 Å². The average Bonchev–Trinajstić information content (AvgIpc) is 2.95. The molecule has 15 heavy (non-hydrogen) atoms. The molecule has 1 saturated carbocycles. The maximum absolute atomic E-state index is 10.5. The summed E-state index contributed by atoms with van der Waals surface area (Å²) in [5.74, 6) is 0.427. The number of carboxylic acid groups (broad SMARTS) is 1. The van der Waals surface area contributed by atoms with E-state index in [1.54, 1.807) is 11.0 Å². The second kappa shape index (κ2) is 3.98. The van der Waals surface area contributed by atoms with E-state index in [1.165, 1.54) is 12.8 Å². The molecule has 0 saturated heterocycles. The smallest absolute Gasteiger partial charge is 0.320 e. The molecular weight excluding hydrogens is 196 g/mol. The highest BCUT2D eigenvalue weighted by Crippen LogP contribution is 2.37. The number of nitrogens with zero attached hydrogens (tertiary/aromatic N) is 3. The van der Waals surface area contributed by atoms with Crippen molar-refractivity contribution in [2.45, 2.75) is 37.8 Å². The Bertz CT molecular complexity index is 359. The van der Waals surface area contributed by atoms with Gasteiger partial charge in [-0.2, -0.15) is 5.10 Å². The number of nitrogens with two attached hydrogens (primary N) is 1. The minimum absolute atomic E-state index is 0.378. The molecule has 1 atom stereocenters. The standard InChI is InChI=1S/C9H14N4O2/c10-7(9(14)15)3-4-13-5-11-8(12-13)6-1-2-6/h5-7H,1-4,10H2,(H,14,15). The van der Waals surface area contributed by atoms with Crippen LogP contribution in [0, 0.1) is 0 Å². The topological polar surface area (TPSA) is 94.0 Å². The molecule has 3 N–H and O–H groups in total. The van der Waals surface area contributed by atoms with Crippen LogP contribution in [0.2, 0.25) is 0 Å². The molecule has 0 bridgehead atoms. The summed E-state index contributed by atoms with van der Waals surface area (Å²) in [5.41, 5.74) is 5.38. The van der Waals surface area contributed by atoms with E-state index in [0.717, 1.165) is 5.82 Å². The van der Waals surface area contributed by atoms with Gasteiger partial charge in [-0.05, 0) is 19.3 Å². The van der Waals surface area contributed by atoms with Crippen LogP contribution in [0.5, 0.6) is 0 Å². The van der Waals surface area contributed by atoms with Gasteiger partial charge in [0.25, 0.3) is 0 Å². The van der Waals surface area contributed by atoms with Crippen molar-refractivity contribution >= 4 is 5.97 Å². The quantitative estimate of drug-likeness (QED) is 0.711. The van der Waals surface area contributed by atoms with Gasteiger partial charge in [0.1, 0.15) is 12.4 Å². The average molecular weight is 210 g/mol. The van der Waals surface area contributed by atoms with Gasteiger partial charge in [-0.15, -0.1) is 0 Å². The Morgan fingerprint density at radius 3 is 3.07 bits per heavy atom. The van der Waals surface area contributed by atoms with Crippen LogP contribution in [-0.4, -0.2) is 31.9 Å².